The van der Waals surface area contributed by atoms with E-state index in [1.807, 2.05) is 38.1 Å². The molecule has 4 heteroatoms. The third-order valence-electron chi connectivity index (χ3n) is 3.74. The topological polar surface area (TPSA) is 18.5 Å². The molecule has 2 rings (SSSR count). The summed E-state index contributed by atoms with van der Waals surface area (Å²) in [6, 6.07) is 12.6. The maximum Gasteiger partial charge on any atom is 0.127 e. The lowest BCUT2D eigenvalue weighted by molar-refractivity contribution is -0.00100. The molecular weight excluding hydrogens is 480 g/mol. The van der Waals surface area contributed by atoms with Crippen molar-refractivity contribution in [3.05, 3.63) is 72.8 Å². The summed E-state index contributed by atoms with van der Waals surface area (Å²) < 4.78 is 11.7. The lowest BCUT2D eigenvalue weighted by Crippen LogP contribution is -3.00. The molecule has 2 aromatic rings. The SMILES string of the molecule is C.C.C=CCc1ccc(OCC)c(-c2cc(CC=C)ccc2OCC)c1.[Br-].[Br-]. The van der Waals surface area contributed by atoms with Gasteiger partial charge in [-0.1, -0.05) is 39.1 Å². The van der Waals surface area contributed by atoms with Crippen LogP contribution in [-0.4, -0.2) is 13.2 Å². The maximum atomic E-state index is 5.86. The van der Waals surface area contributed by atoms with E-state index in [4.69, 9.17) is 9.47 Å². The Hall–Kier alpha value is -1.52. The highest BCUT2D eigenvalue weighted by Crippen LogP contribution is 2.38. The molecular formula is C24H34Br2O2-2. The van der Waals surface area contributed by atoms with E-state index in [1.165, 1.54) is 11.1 Å². The second kappa shape index (κ2) is 16.4. The van der Waals surface area contributed by atoms with Gasteiger partial charge >= 0.3 is 0 Å². The highest BCUT2D eigenvalue weighted by atomic mass is 79.9. The van der Waals surface area contributed by atoms with Gasteiger partial charge in [0.15, 0.2) is 0 Å². The standard InChI is InChI=1S/C22H26O2.2CH4.2BrH/c1-5-9-17-11-13-21(23-7-3)19(15-17)20-16-18(10-6-2)12-14-22(20)24-8-4;;;;/h5-6,11-16H,1-2,7-10H2,3-4H3;2*1H4;2*1H/p-2. The molecule has 0 amide bonds. The number of halogens is 2. The minimum atomic E-state index is 0. The Balaban J connectivity index is -0.00000156. The Labute approximate surface area is 193 Å². The first-order chi connectivity index (χ1) is 11.7. The van der Waals surface area contributed by atoms with Gasteiger partial charge in [0.25, 0.3) is 0 Å². The molecule has 158 valence electrons. The third kappa shape index (κ3) is 8.24. The summed E-state index contributed by atoms with van der Waals surface area (Å²) >= 11 is 0. The van der Waals surface area contributed by atoms with E-state index in [0.29, 0.717) is 13.2 Å². The van der Waals surface area contributed by atoms with Crippen LogP contribution in [0.4, 0.5) is 0 Å². The fraction of sp³-hybridized carbons (Fsp3) is 0.333. The molecule has 0 aliphatic heterocycles. The highest BCUT2D eigenvalue weighted by Gasteiger charge is 2.13. The van der Waals surface area contributed by atoms with E-state index >= 15 is 0 Å². The molecule has 0 N–H and O–H groups in total. The molecule has 0 spiro atoms. The van der Waals surface area contributed by atoms with Gasteiger partial charge in [0.05, 0.1) is 13.2 Å². The minimum Gasteiger partial charge on any atom is -1.00 e. The normalized spacial score (nSPS) is 8.79. The number of ether oxygens (including phenoxy) is 2. The quantitative estimate of drug-likeness (QED) is 0.463. The third-order valence-corrected chi connectivity index (χ3v) is 3.74. The summed E-state index contributed by atoms with van der Waals surface area (Å²) in [4.78, 5) is 0. The zero-order valence-electron chi connectivity index (χ0n) is 15.4. The summed E-state index contributed by atoms with van der Waals surface area (Å²) in [7, 11) is 0. The molecule has 0 aromatic heterocycles. The number of rotatable bonds is 9. The Morgan fingerprint density at radius 1 is 0.714 bits per heavy atom. The predicted octanol–water partition coefficient (Wildman–Crippen LogP) is 0.888. The zero-order chi connectivity index (χ0) is 17.4. The summed E-state index contributed by atoms with van der Waals surface area (Å²) in [5.74, 6) is 1.75. The van der Waals surface area contributed by atoms with Gasteiger partial charge in [-0.05, 0) is 62.1 Å². The second-order valence-electron chi connectivity index (χ2n) is 5.51. The van der Waals surface area contributed by atoms with Gasteiger partial charge in [-0.2, -0.15) is 0 Å². The first-order valence-corrected chi connectivity index (χ1v) is 8.47. The largest absolute Gasteiger partial charge is 1.00 e. The molecule has 0 unspecified atom stereocenters. The van der Waals surface area contributed by atoms with Crippen LogP contribution in [-0.2, 0) is 12.8 Å². The fourth-order valence-electron chi connectivity index (χ4n) is 2.73. The molecule has 0 bridgehead atoms. The van der Waals surface area contributed by atoms with Crippen LogP contribution >= 0.6 is 0 Å². The van der Waals surface area contributed by atoms with Crippen molar-refractivity contribution >= 4 is 0 Å². The summed E-state index contributed by atoms with van der Waals surface area (Å²) in [6.07, 6.45) is 5.49. The Morgan fingerprint density at radius 3 is 1.36 bits per heavy atom. The Morgan fingerprint density at radius 2 is 1.07 bits per heavy atom. The average Bonchev–Trinajstić information content (AvgIpc) is 2.58. The van der Waals surface area contributed by atoms with E-state index in [9.17, 15) is 0 Å². The number of hydrogen-bond acceptors (Lipinski definition) is 2. The van der Waals surface area contributed by atoms with Crippen LogP contribution in [0.25, 0.3) is 11.1 Å². The first-order valence-electron chi connectivity index (χ1n) is 8.47. The van der Waals surface area contributed by atoms with Crippen molar-refractivity contribution in [1.29, 1.82) is 0 Å². The number of hydrogen-bond donors (Lipinski definition) is 0. The van der Waals surface area contributed by atoms with Crippen molar-refractivity contribution in [3.63, 3.8) is 0 Å². The highest BCUT2D eigenvalue weighted by molar-refractivity contribution is 5.77. The monoisotopic (exact) mass is 512 g/mol. The average molecular weight is 514 g/mol. The van der Waals surface area contributed by atoms with Gasteiger partial charge in [-0.15, -0.1) is 13.2 Å². The van der Waals surface area contributed by atoms with Crippen LogP contribution in [0.1, 0.15) is 39.8 Å². The van der Waals surface area contributed by atoms with E-state index in [2.05, 4.69) is 37.4 Å². The molecule has 0 radical (unpaired) electrons. The molecule has 0 fully saturated rings. The Bertz CT molecular complexity index is 650. The molecule has 2 aromatic carbocycles. The van der Waals surface area contributed by atoms with Gasteiger partial charge in [0.1, 0.15) is 11.5 Å². The van der Waals surface area contributed by atoms with Crippen LogP contribution in [0.3, 0.4) is 0 Å². The maximum absolute atomic E-state index is 5.86. The lowest BCUT2D eigenvalue weighted by Gasteiger charge is -2.16. The van der Waals surface area contributed by atoms with Crippen molar-refractivity contribution in [2.45, 2.75) is 41.5 Å². The molecule has 0 atom stereocenters. The van der Waals surface area contributed by atoms with Crippen molar-refractivity contribution in [2.75, 3.05) is 13.2 Å². The number of benzene rings is 2. The van der Waals surface area contributed by atoms with Crippen LogP contribution < -0.4 is 43.4 Å². The smallest absolute Gasteiger partial charge is 0.127 e. The van der Waals surface area contributed by atoms with Crippen molar-refractivity contribution in [1.82, 2.24) is 0 Å². The van der Waals surface area contributed by atoms with Crippen LogP contribution in [0.5, 0.6) is 11.5 Å². The van der Waals surface area contributed by atoms with E-state index in [1.54, 1.807) is 0 Å². The van der Waals surface area contributed by atoms with Crippen LogP contribution in [0, 0.1) is 0 Å². The molecule has 0 saturated carbocycles. The first kappa shape index (κ1) is 31.2. The molecule has 0 heterocycles. The second-order valence-corrected chi connectivity index (χ2v) is 5.51. The summed E-state index contributed by atoms with van der Waals surface area (Å²) in [5, 5.41) is 0. The van der Waals surface area contributed by atoms with Crippen LogP contribution in [0.15, 0.2) is 61.7 Å². The van der Waals surface area contributed by atoms with E-state index < -0.39 is 0 Å². The summed E-state index contributed by atoms with van der Waals surface area (Å²) in [6.45, 7) is 12.9. The van der Waals surface area contributed by atoms with Gasteiger partial charge in [-0.3, -0.25) is 0 Å². The molecule has 0 saturated heterocycles. The molecule has 2 nitrogen and oxygen atoms in total. The van der Waals surface area contributed by atoms with E-state index in [-0.39, 0.29) is 48.8 Å². The molecule has 0 aliphatic carbocycles. The van der Waals surface area contributed by atoms with Crippen molar-refractivity contribution in [3.8, 4) is 22.6 Å². The predicted molar refractivity (Wildman–Crippen MR) is 115 cm³/mol. The van der Waals surface area contributed by atoms with Crippen LogP contribution in [0.2, 0.25) is 0 Å². The molecule has 0 aliphatic rings. The van der Waals surface area contributed by atoms with Gasteiger partial charge < -0.3 is 43.4 Å². The lowest BCUT2D eigenvalue weighted by atomic mass is 9.97. The van der Waals surface area contributed by atoms with Gasteiger partial charge in [-0.25, -0.2) is 0 Å². The summed E-state index contributed by atoms with van der Waals surface area (Å²) in [5.41, 5.74) is 4.54. The number of allylic oxidation sites excluding steroid dienone is 2. The fourth-order valence-corrected chi connectivity index (χ4v) is 2.73. The minimum absolute atomic E-state index is 0. The van der Waals surface area contributed by atoms with Crippen molar-refractivity contribution in [2.24, 2.45) is 0 Å². The zero-order valence-corrected chi connectivity index (χ0v) is 18.6. The van der Waals surface area contributed by atoms with Crippen molar-refractivity contribution < 1.29 is 43.4 Å². The van der Waals surface area contributed by atoms with E-state index in [0.717, 1.165) is 35.5 Å². The van der Waals surface area contributed by atoms with Gasteiger partial charge in [0, 0.05) is 11.1 Å². The molecule has 28 heavy (non-hydrogen) atoms. The Kier molecular flexibility index (Phi) is 18.3. The van der Waals surface area contributed by atoms with Gasteiger partial charge in [0.2, 0.25) is 0 Å².